The minimum Gasteiger partial charge on any atom is -0.481 e. The van der Waals surface area contributed by atoms with Crippen molar-refractivity contribution in [1.29, 1.82) is 0 Å². The molecule has 0 aliphatic rings. The van der Waals surface area contributed by atoms with Gasteiger partial charge in [0.15, 0.2) is 0 Å². The molecule has 0 aromatic carbocycles. The average molecular weight is 224 g/mol. The molecule has 0 radical (unpaired) electrons. The van der Waals surface area contributed by atoms with E-state index in [1.165, 1.54) is 7.11 Å². The Bertz CT molecular complexity index is 355. The van der Waals surface area contributed by atoms with Crippen molar-refractivity contribution < 1.29 is 14.6 Å². The zero-order valence-corrected chi connectivity index (χ0v) is 9.22. The molecule has 0 saturated carbocycles. The lowest BCUT2D eigenvalue weighted by Gasteiger charge is -2.10. The Morgan fingerprint density at radius 1 is 1.62 bits per heavy atom. The minimum absolute atomic E-state index is 0.362. The number of rotatable bonds is 6. The van der Waals surface area contributed by atoms with E-state index in [0.29, 0.717) is 31.0 Å². The molecule has 0 amide bonds. The number of carboxylic acid groups (broad SMARTS) is 1. The highest BCUT2D eigenvalue weighted by atomic mass is 16.5. The van der Waals surface area contributed by atoms with Gasteiger partial charge in [-0.05, 0) is 19.0 Å². The molecule has 0 fully saturated rings. The molecule has 0 aliphatic carbocycles. The molecule has 1 aromatic rings. The molecule has 0 saturated heterocycles. The quantitative estimate of drug-likeness (QED) is 0.742. The van der Waals surface area contributed by atoms with Crippen molar-refractivity contribution in [3.8, 4) is 5.88 Å². The molecule has 1 rings (SSSR count). The van der Waals surface area contributed by atoms with Crippen molar-refractivity contribution in [3.63, 3.8) is 0 Å². The zero-order chi connectivity index (χ0) is 12.0. The monoisotopic (exact) mass is 224 g/mol. The van der Waals surface area contributed by atoms with Gasteiger partial charge in [0, 0.05) is 18.2 Å². The molecule has 1 heterocycles. The molecule has 0 aliphatic heterocycles. The fourth-order valence-corrected chi connectivity index (χ4v) is 1.45. The van der Waals surface area contributed by atoms with Crippen molar-refractivity contribution in [2.24, 2.45) is 11.7 Å². The Morgan fingerprint density at radius 2 is 2.38 bits per heavy atom. The van der Waals surface area contributed by atoms with E-state index < -0.39 is 11.9 Å². The number of ether oxygens (including phenoxy) is 1. The summed E-state index contributed by atoms with van der Waals surface area (Å²) in [6.07, 6.45) is 0.831. The van der Waals surface area contributed by atoms with Gasteiger partial charge in [-0.3, -0.25) is 4.79 Å². The van der Waals surface area contributed by atoms with Crippen LogP contribution in [0.25, 0.3) is 0 Å². The second-order valence-electron chi connectivity index (χ2n) is 3.49. The Hall–Kier alpha value is -1.62. The zero-order valence-electron chi connectivity index (χ0n) is 9.22. The number of carboxylic acids is 1. The largest absolute Gasteiger partial charge is 0.481 e. The number of pyridine rings is 1. The van der Waals surface area contributed by atoms with Crippen LogP contribution in [0.4, 0.5) is 0 Å². The number of hydrogen-bond acceptors (Lipinski definition) is 4. The van der Waals surface area contributed by atoms with Crippen LogP contribution in [0.2, 0.25) is 0 Å². The van der Waals surface area contributed by atoms with Crippen LogP contribution < -0.4 is 10.5 Å². The maximum Gasteiger partial charge on any atom is 0.306 e. The number of hydrogen-bond donors (Lipinski definition) is 2. The molecule has 5 nitrogen and oxygen atoms in total. The Kier molecular flexibility index (Phi) is 4.72. The fraction of sp³-hybridized carbons (Fsp3) is 0.455. The standard InChI is InChI=1S/C11H16N2O3/c1-16-10-4-2-3-9(13-10)7-8(5-6-12)11(14)15/h2-4,8H,5-7,12H2,1H3,(H,14,15). The lowest BCUT2D eigenvalue weighted by atomic mass is 9.99. The first-order valence-electron chi connectivity index (χ1n) is 5.10. The lowest BCUT2D eigenvalue weighted by molar-refractivity contribution is -0.141. The predicted molar refractivity (Wildman–Crippen MR) is 59.3 cm³/mol. The Morgan fingerprint density at radius 3 is 2.94 bits per heavy atom. The summed E-state index contributed by atoms with van der Waals surface area (Å²) in [5.74, 6) is -0.825. The highest BCUT2D eigenvalue weighted by Crippen LogP contribution is 2.13. The summed E-state index contributed by atoms with van der Waals surface area (Å²) in [4.78, 5) is 15.1. The summed E-state index contributed by atoms with van der Waals surface area (Å²) in [6.45, 7) is 0.362. The van der Waals surface area contributed by atoms with Crippen LogP contribution in [0.3, 0.4) is 0 Å². The van der Waals surface area contributed by atoms with Crippen molar-refractivity contribution in [2.45, 2.75) is 12.8 Å². The summed E-state index contributed by atoms with van der Waals surface area (Å²) in [5, 5.41) is 8.98. The van der Waals surface area contributed by atoms with Crippen LogP contribution in [0, 0.1) is 5.92 Å². The molecule has 88 valence electrons. The maximum absolute atomic E-state index is 10.9. The number of nitrogens with two attached hydrogens (primary N) is 1. The van der Waals surface area contributed by atoms with Gasteiger partial charge < -0.3 is 15.6 Å². The first-order chi connectivity index (χ1) is 7.67. The van der Waals surface area contributed by atoms with E-state index in [2.05, 4.69) is 4.98 Å². The van der Waals surface area contributed by atoms with E-state index in [9.17, 15) is 4.79 Å². The van der Waals surface area contributed by atoms with Gasteiger partial charge in [0.25, 0.3) is 0 Å². The third-order valence-electron chi connectivity index (χ3n) is 2.31. The second-order valence-corrected chi connectivity index (χ2v) is 3.49. The van der Waals surface area contributed by atoms with Crippen molar-refractivity contribution in [2.75, 3.05) is 13.7 Å². The molecule has 1 atom stereocenters. The van der Waals surface area contributed by atoms with Crippen LogP contribution in [0.15, 0.2) is 18.2 Å². The van der Waals surface area contributed by atoms with Crippen LogP contribution in [-0.4, -0.2) is 29.7 Å². The SMILES string of the molecule is COc1cccc(CC(CCN)C(=O)O)n1. The molecular formula is C11H16N2O3. The molecule has 5 heteroatoms. The van der Waals surface area contributed by atoms with Crippen LogP contribution in [0.5, 0.6) is 5.88 Å². The smallest absolute Gasteiger partial charge is 0.306 e. The minimum atomic E-state index is -0.838. The number of carbonyl (C=O) groups is 1. The normalized spacial score (nSPS) is 12.1. The van der Waals surface area contributed by atoms with E-state index in [1.807, 2.05) is 0 Å². The predicted octanol–water partition coefficient (Wildman–Crippen LogP) is 0.682. The number of methoxy groups -OCH3 is 1. The van der Waals surface area contributed by atoms with Gasteiger partial charge in [0.2, 0.25) is 5.88 Å². The van der Waals surface area contributed by atoms with Crippen molar-refractivity contribution in [3.05, 3.63) is 23.9 Å². The maximum atomic E-state index is 10.9. The third-order valence-corrected chi connectivity index (χ3v) is 2.31. The van der Waals surface area contributed by atoms with Crippen molar-refractivity contribution >= 4 is 5.97 Å². The van der Waals surface area contributed by atoms with Crippen LogP contribution >= 0.6 is 0 Å². The molecule has 1 aromatic heterocycles. The first-order valence-corrected chi connectivity index (χ1v) is 5.10. The van der Waals surface area contributed by atoms with E-state index in [1.54, 1.807) is 18.2 Å². The van der Waals surface area contributed by atoms with Gasteiger partial charge in [-0.15, -0.1) is 0 Å². The summed E-state index contributed by atoms with van der Waals surface area (Å²) in [6, 6.07) is 5.31. The number of nitrogens with zero attached hydrogens (tertiary/aromatic N) is 1. The summed E-state index contributed by atoms with van der Waals surface area (Å²) in [5.41, 5.74) is 6.08. The molecule has 0 bridgehead atoms. The molecule has 1 unspecified atom stereocenters. The van der Waals surface area contributed by atoms with E-state index in [0.717, 1.165) is 0 Å². The first kappa shape index (κ1) is 12.4. The van der Waals surface area contributed by atoms with E-state index >= 15 is 0 Å². The van der Waals surface area contributed by atoms with Crippen LogP contribution in [0.1, 0.15) is 12.1 Å². The Balaban J connectivity index is 2.72. The molecule has 16 heavy (non-hydrogen) atoms. The van der Waals surface area contributed by atoms with E-state index in [4.69, 9.17) is 15.6 Å². The number of aliphatic carboxylic acids is 1. The highest BCUT2D eigenvalue weighted by Gasteiger charge is 2.17. The van der Waals surface area contributed by atoms with Gasteiger partial charge in [-0.2, -0.15) is 0 Å². The fourth-order valence-electron chi connectivity index (χ4n) is 1.45. The van der Waals surface area contributed by atoms with Gasteiger partial charge in [-0.25, -0.2) is 4.98 Å². The van der Waals surface area contributed by atoms with Crippen LogP contribution in [-0.2, 0) is 11.2 Å². The van der Waals surface area contributed by atoms with Gasteiger partial charge in [0.1, 0.15) is 0 Å². The molecular weight excluding hydrogens is 208 g/mol. The average Bonchev–Trinajstić information content (AvgIpc) is 2.28. The number of aromatic nitrogens is 1. The topological polar surface area (TPSA) is 85.4 Å². The summed E-state index contributed by atoms with van der Waals surface area (Å²) >= 11 is 0. The summed E-state index contributed by atoms with van der Waals surface area (Å²) < 4.78 is 4.97. The van der Waals surface area contributed by atoms with Gasteiger partial charge >= 0.3 is 5.97 Å². The Labute approximate surface area is 94.2 Å². The van der Waals surface area contributed by atoms with Gasteiger partial charge in [0.05, 0.1) is 13.0 Å². The molecule has 0 spiro atoms. The third kappa shape index (κ3) is 3.51. The lowest BCUT2D eigenvalue weighted by Crippen LogP contribution is -2.20. The van der Waals surface area contributed by atoms with Gasteiger partial charge in [-0.1, -0.05) is 6.07 Å². The van der Waals surface area contributed by atoms with Crippen molar-refractivity contribution in [1.82, 2.24) is 4.98 Å². The highest BCUT2D eigenvalue weighted by molar-refractivity contribution is 5.70. The van der Waals surface area contributed by atoms with E-state index in [-0.39, 0.29) is 0 Å². The summed E-state index contributed by atoms with van der Waals surface area (Å²) in [7, 11) is 1.53. The molecule has 3 N–H and O–H groups in total. The second kappa shape index (κ2) is 6.07.